The molecule has 0 aliphatic rings. The van der Waals surface area contributed by atoms with Gasteiger partial charge in [-0.15, -0.1) is 0 Å². The lowest BCUT2D eigenvalue weighted by Gasteiger charge is -2.22. The molecule has 0 bridgehead atoms. The fraction of sp³-hybridized carbons (Fsp3) is 0.533. The summed E-state index contributed by atoms with van der Waals surface area (Å²) in [6, 6.07) is 7.83. The molecule has 4 nitrogen and oxygen atoms in total. The lowest BCUT2D eigenvalue weighted by Crippen LogP contribution is -2.38. The van der Waals surface area contributed by atoms with Gasteiger partial charge < -0.3 is 14.8 Å². The number of hydrogen-bond acceptors (Lipinski definition) is 3. The average Bonchev–Trinajstić information content (AvgIpc) is 2.27. The molecule has 0 fully saturated rings. The molecule has 1 aromatic rings. The van der Waals surface area contributed by atoms with E-state index in [4.69, 9.17) is 9.47 Å². The SMILES string of the molecule is COc1ccc(CC(C)NC(=O)OC(C)(C)C)cc1. The molecule has 1 unspecified atom stereocenters. The first kappa shape index (κ1) is 15.3. The molecule has 0 saturated carbocycles. The van der Waals surface area contributed by atoms with E-state index in [1.165, 1.54) is 0 Å². The van der Waals surface area contributed by atoms with Gasteiger partial charge in [-0.05, 0) is 51.8 Å². The summed E-state index contributed by atoms with van der Waals surface area (Å²) in [5, 5.41) is 2.82. The number of alkyl carbamates (subject to hydrolysis) is 1. The van der Waals surface area contributed by atoms with Crippen molar-refractivity contribution in [2.75, 3.05) is 7.11 Å². The molecule has 106 valence electrons. The summed E-state index contributed by atoms with van der Waals surface area (Å²) in [4.78, 5) is 11.6. The summed E-state index contributed by atoms with van der Waals surface area (Å²) in [7, 11) is 1.64. The Kier molecular flexibility index (Phi) is 5.21. The predicted octanol–water partition coefficient (Wildman–Crippen LogP) is 3.15. The van der Waals surface area contributed by atoms with E-state index in [1.54, 1.807) is 7.11 Å². The fourth-order valence-electron chi connectivity index (χ4n) is 1.67. The zero-order valence-corrected chi connectivity index (χ0v) is 12.3. The van der Waals surface area contributed by atoms with E-state index in [2.05, 4.69) is 5.32 Å². The third-order valence-electron chi connectivity index (χ3n) is 2.46. The number of carbonyl (C=O) groups excluding carboxylic acids is 1. The van der Waals surface area contributed by atoms with Crippen LogP contribution in [0.3, 0.4) is 0 Å². The van der Waals surface area contributed by atoms with Crippen molar-refractivity contribution in [3.63, 3.8) is 0 Å². The molecule has 4 heteroatoms. The zero-order chi connectivity index (χ0) is 14.5. The summed E-state index contributed by atoms with van der Waals surface area (Å²) in [6.07, 6.45) is 0.372. The molecule has 0 heterocycles. The Morgan fingerprint density at radius 1 is 1.26 bits per heavy atom. The van der Waals surface area contributed by atoms with Gasteiger partial charge in [-0.3, -0.25) is 0 Å². The van der Waals surface area contributed by atoms with Crippen LogP contribution in [0.5, 0.6) is 5.75 Å². The Morgan fingerprint density at radius 3 is 2.32 bits per heavy atom. The van der Waals surface area contributed by atoms with Crippen LogP contribution in [0.15, 0.2) is 24.3 Å². The molecule has 1 aromatic carbocycles. The lowest BCUT2D eigenvalue weighted by molar-refractivity contribution is 0.0508. The Labute approximate surface area is 115 Å². The smallest absolute Gasteiger partial charge is 0.407 e. The van der Waals surface area contributed by atoms with Gasteiger partial charge in [-0.25, -0.2) is 4.79 Å². The van der Waals surface area contributed by atoms with Crippen LogP contribution in [0.4, 0.5) is 4.79 Å². The van der Waals surface area contributed by atoms with Gasteiger partial charge in [0.05, 0.1) is 7.11 Å². The number of ether oxygens (including phenoxy) is 2. The molecule has 0 aliphatic heterocycles. The van der Waals surface area contributed by atoms with E-state index in [0.717, 1.165) is 17.7 Å². The van der Waals surface area contributed by atoms with Gasteiger partial charge in [0.25, 0.3) is 0 Å². The predicted molar refractivity (Wildman–Crippen MR) is 75.5 cm³/mol. The largest absolute Gasteiger partial charge is 0.497 e. The Hall–Kier alpha value is -1.71. The van der Waals surface area contributed by atoms with Crippen molar-refractivity contribution in [2.45, 2.75) is 45.8 Å². The van der Waals surface area contributed by atoms with Gasteiger partial charge in [-0.2, -0.15) is 0 Å². The average molecular weight is 265 g/mol. The molecule has 0 aromatic heterocycles. The highest BCUT2D eigenvalue weighted by molar-refractivity contribution is 5.68. The van der Waals surface area contributed by atoms with Gasteiger partial charge >= 0.3 is 6.09 Å². The van der Waals surface area contributed by atoms with E-state index in [1.807, 2.05) is 52.0 Å². The van der Waals surface area contributed by atoms with Crippen LogP contribution in [0, 0.1) is 0 Å². The second kappa shape index (κ2) is 6.45. The van der Waals surface area contributed by atoms with Gasteiger partial charge in [0.1, 0.15) is 11.4 Å². The third kappa shape index (κ3) is 6.13. The van der Waals surface area contributed by atoms with Gasteiger partial charge in [0.2, 0.25) is 0 Å². The number of carbonyl (C=O) groups is 1. The van der Waals surface area contributed by atoms with Crippen LogP contribution in [0.1, 0.15) is 33.3 Å². The van der Waals surface area contributed by atoms with Gasteiger partial charge in [0.15, 0.2) is 0 Å². The summed E-state index contributed by atoms with van der Waals surface area (Å²) in [5.74, 6) is 0.830. The molecule has 1 atom stereocenters. The molecule has 0 aliphatic carbocycles. The molecular weight excluding hydrogens is 242 g/mol. The van der Waals surface area contributed by atoms with E-state index in [9.17, 15) is 4.79 Å². The van der Waals surface area contributed by atoms with Gasteiger partial charge in [0, 0.05) is 6.04 Å². The second-order valence-electron chi connectivity index (χ2n) is 5.60. The number of amides is 1. The first-order valence-electron chi connectivity index (χ1n) is 6.42. The van der Waals surface area contributed by atoms with Crippen LogP contribution in [-0.2, 0) is 11.2 Å². The topological polar surface area (TPSA) is 47.6 Å². The minimum absolute atomic E-state index is 0.0169. The van der Waals surface area contributed by atoms with Gasteiger partial charge in [-0.1, -0.05) is 12.1 Å². The van der Waals surface area contributed by atoms with Crippen LogP contribution in [0.25, 0.3) is 0 Å². The summed E-state index contributed by atoms with van der Waals surface area (Å²) in [6.45, 7) is 7.50. The highest BCUT2D eigenvalue weighted by Crippen LogP contribution is 2.13. The maximum absolute atomic E-state index is 11.6. The van der Waals surface area contributed by atoms with E-state index < -0.39 is 5.60 Å². The highest BCUT2D eigenvalue weighted by Gasteiger charge is 2.17. The highest BCUT2D eigenvalue weighted by atomic mass is 16.6. The number of rotatable bonds is 4. The fourth-order valence-corrected chi connectivity index (χ4v) is 1.67. The molecule has 1 amide bonds. The monoisotopic (exact) mass is 265 g/mol. The number of methoxy groups -OCH3 is 1. The molecule has 0 saturated heterocycles. The van der Waals surface area contributed by atoms with E-state index in [0.29, 0.717) is 0 Å². The quantitative estimate of drug-likeness (QED) is 0.909. The Balaban J connectivity index is 2.46. The minimum atomic E-state index is -0.468. The lowest BCUT2D eigenvalue weighted by atomic mass is 10.1. The molecule has 1 rings (SSSR count). The first-order chi connectivity index (χ1) is 8.80. The number of nitrogens with one attached hydrogen (secondary N) is 1. The molecular formula is C15H23NO3. The molecule has 0 radical (unpaired) electrons. The van der Waals surface area contributed by atoms with Crippen molar-refractivity contribution in [2.24, 2.45) is 0 Å². The minimum Gasteiger partial charge on any atom is -0.497 e. The van der Waals surface area contributed by atoms with E-state index in [-0.39, 0.29) is 12.1 Å². The Bertz CT molecular complexity index is 406. The number of benzene rings is 1. The van der Waals surface area contributed by atoms with Crippen molar-refractivity contribution < 1.29 is 14.3 Å². The molecule has 19 heavy (non-hydrogen) atoms. The summed E-state index contributed by atoms with van der Waals surface area (Å²) < 4.78 is 10.3. The standard InChI is InChI=1S/C15H23NO3/c1-11(16-14(17)19-15(2,3)4)10-12-6-8-13(18-5)9-7-12/h6-9,11H,10H2,1-5H3,(H,16,17). The zero-order valence-electron chi connectivity index (χ0n) is 12.3. The molecule has 0 spiro atoms. The van der Waals surface area contributed by atoms with Crippen LogP contribution in [0.2, 0.25) is 0 Å². The maximum atomic E-state index is 11.6. The van der Waals surface area contributed by atoms with E-state index >= 15 is 0 Å². The Morgan fingerprint density at radius 2 is 1.84 bits per heavy atom. The molecule has 1 N–H and O–H groups in total. The van der Waals surface area contributed by atoms with Crippen molar-refractivity contribution >= 4 is 6.09 Å². The van der Waals surface area contributed by atoms with Crippen molar-refractivity contribution in [3.05, 3.63) is 29.8 Å². The van der Waals surface area contributed by atoms with Crippen LogP contribution >= 0.6 is 0 Å². The maximum Gasteiger partial charge on any atom is 0.407 e. The van der Waals surface area contributed by atoms with Crippen molar-refractivity contribution in [1.82, 2.24) is 5.32 Å². The second-order valence-corrected chi connectivity index (χ2v) is 5.60. The normalized spacial score (nSPS) is 12.7. The van der Waals surface area contributed by atoms with Crippen LogP contribution < -0.4 is 10.1 Å². The van der Waals surface area contributed by atoms with Crippen molar-refractivity contribution in [1.29, 1.82) is 0 Å². The first-order valence-corrected chi connectivity index (χ1v) is 6.42. The third-order valence-corrected chi connectivity index (χ3v) is 2.46. The summed E-state index contributed by atoms with van der Waals surface area (Å²) in [5.41, 5.74) is 0.675. The summed E-state index contributed by atoms with van der Waals surface area (Å²) >= 11 is 0. The number of hydrogen-bond donors (Lipinski definition) is 1. The van der Waals surface area contributed by atoms with Crippen molar-refractivity contribution in [3.8, 4) is 5.75 Å². The van der Waals surface area contributed by atoms with Crippen LogP contribution in [-0.4, -0.2) is 24.8 Å².